The largest absolute Gasteiger partial charge is 0.491 e. The number of thiophene rings is 1. The van der Waals surface area contributed by atoms with Gasteiger partial charge in [-0.2, -0.15) is 0 Å². The average Bonchev–Trinajstić information content (AvgIpc) is 3.17. The third-order valence-electron chi connectivity index (χ3n) is 5.29. The second-order valence-electron chi connectivity index (χ2n) is 9.32. The smallest absolute Gasteiger partial charge is 0.318 e. The first-order valence-electron chi connectivity index (χ1n) is 10.9. The van der Waals surface area contributed by atoms with E-state index in [9.17, 15) is 14.0 Å². The van der Waals surface area contributed by atoms with Gasteiger partial charge in [-0.05, 0) is 70.2 Å². The van der Waals surface area contributed by atoms with Gasteiger partial charge in [0, 0.05) is 29.1 Å². The van der Waals surface area contributed by atoms with Crippen molar-refractivity contribution in [1.29, 1.82) is 0 Å². The summed E-state index contributed by atoms with van der Waals surface area (Å²) >= 11 is 1.67. The Morgan fingerprint density at radius 3 is 2.72 bits per heavy atom. The number of urea groups is 1. The molecule has 3 rings (SSSR count). The molecule has 1 atom stereocenters. The molecule has 1 aromatic heterocycles. The van der Waals surface area contributed by atoms with Crippen LogP contribution in [0.25, 0.3) is 0 Å². The number of hydrogen-bond donors (Lipinski definition) is 1. The molecular formula is C24H32FN3O3S. The number of fused-ring (bicyclic) bond motifs is 1. The third kappa shape index (κ3) is 6.00. The fraction of sp³-hybridized carbons (Fsp3) is 0.500. The van der Waals surface area contributed by atoms with Gasteiger partial charge in [0.05, 0.1) is 6.04 Å². The Morgan fingerprint density at radius 1 is 1.31 bits per heavy atom. The lowest BCUT2D eigenvalue weighted by Crippen LogP contribution is -2.54. The van der Waals surface area contributed by atoms with E-state index in [1.165, 1.54) is 17.0 Å². The van der Waals surface area contributed by atoms with Crippen molar-refractivity contribution in [2.45, 2.75) is 58.7 Å². The van der Waals surface area contributed by atoms with Gasteiger partial charge in [-0.15, -0.1) is 11.3 Å². The van der Waals surface area contributed by atoms with Gasteiger partial charge in [0.2, 0.25) is 5.91 Å². The van der Waals surface area contributed by atoms with Crippen LogP contribution < -0.4 is 10.1 Å². The number of carbonyl (C=O) groups excluding carboxylic acids is 2. The summed E-state index contributed by atoms with van der Waals surface area (Å²) in [4.78, 5) is 30.7. The van der Waals surface area contributed by atoms with Crippen molar-refractivity contribution in [2.24, 2.45) is 0 Å². The zero-order valence-electron chi connectivity index (χ0n) is 19.4. The number of amides is 3. The van der Waals surface area contributed by atoms with Crippen molar-refractivity contribution in [3.8, 4) is 5.75 Å². The molecule has 6 nitrogen and oxygen atoms in total. The molecule has 2 heterocycles. The number of hydrogen-bond acceptors (Lipinski definition) is 4. The first kappa shape index (κ1) is 24.0. The Morgan fingerprint density at radius 2 is 2.06 bits per heavy atom. The van der Waals surface area contributed by atoms with Crippen LogP contribution in [-0.2, 0) is 11.2 Å². The van der Waals surface area contributed by atoms with E-state index in [2.05, 4.69) is 5.32 Å². The number of benzene rings is 1. The van der Waals surface area contributed by atoms with Gasteiger partial charge in [0.15, 0.2) is 0 Å². The standard InChI is InChI=1S/C24H32FN3O3S/c1-16(2)28(23(30)26-24(3,4)5)14-22(29)27-11-9-21-19(10-12-32-21)20(27)15-31-18-8-6-7-17(25)13-18/h6-8,10,12-13,16,20H,9,11,14-15H2,1-5H3,(H,26,30)/t20-/m1/s1. The zero-order valence-corrected chi connectivity index (χ0v) is 20.2. The Hall–Kier alpha value is -2.61. The molecule has 1 aromatic carbocycles. The van der Waals surface area contributed by atoms with Crippen LogP contribution in [0.15, 0.2) is 35.7 Å². The highest BCUT2D eigenvalue weighted by Gasteiger charge is 2.34. The highest BCUT2D eigenvalue weighted by Crippen LogP contribution is 2.34. The van der Waals surface area contributed by atoms with Gasteiger partial charge < -0.3 is 19.9 Å². The van der Waals surface area contributed by atoms with Crippen molar-refractivity contribution < 1.29 is 18.7 Å². The van der Waals surface area contributed by atoms with Crippen LogP contribution in [0, 0.1) is 5.82 Å². The van der Waals surface area contributed by atoms with Gasteiger partial charge in [0.1, 0.15) is 24.7 Å². The van der Waals surface area contributed by atoms with Crippen LogP contribution in [0.4, 0.5) is 9.18 Å². The molecule has 0 fully saturated rings. The Kier molecular flexibility index (Phi) is 7.44. The maximum absolute atomic E-state index is 13.6. The molecule has 0 bridgehead atoms. The summed E-state index contributed by atoms with van der Waals surface area (Å²) in [5, 5.41) is 4.96. The fourth-order valence-electron chi connectivity index (χ4n) is 3.72. The van der Waals surface area contributed by atoms with E-state index in [4.69, 9.17) is 4.74 Å². The normalized spacial score (nSPS) is 16.0. The Bertz CT molecular complexity index is 954. The summed E-state index contributed by atoms with van der Waals surface area (Å²) in [5.41, 5.74) is 0.659. The molecule has 2 aromatic rings. The molecule has 1 aliphatic rings. The van der Waals surface area contributed by atoms with Crippen molar-refractivity contribution in [1.82, 2.24) is 15.1 Å². The second-order valence-corrected chi connectivity index (χ2v) is 10.3. The zero-order chi connectivity index (χ0) is 23.5. The SMILES string of the molecule is CC(C)N(CC(=O)N1CCc2sccc2[C@H]1COc1cccc(F)c1)C(=O)NC(C)(C)C. The minimum absolute atomic E-state index is 0.0183. The van der Waals surface area contributed by atoms with E-state index in [-0.39, 0.29) is 43.0 Å². The highest BCUT2D eigenvalue weighted by atomic mass is 32.1. The Balaban J connectivity index is 1.77. The minimum atomic E-state index is -0.398. The monoisotopic (exact) mass is 461 g/mol. The summed E-state index contributed by atoms with van der Waals surface area (Å²) < 4.78 is 19.4. The molecule has 32 heavy (non-hydrogen) atoms. The van der Waals surface area contributed by atoms with Crippen molar-refractivity contribution in [2.75, 3.05) is 19.7 Å². The highest BCUT2D eigenvalue weighted by molar-refractivity contribution is 7.10. The lowest BCUT2D eigenvalue weighted by molar-refractivity contribution is -0.135. The fourth-order valence-corrected chi connectivity index (χ4v) is 4.65. The predicted octanol–water partition coefficient (Wildman–Crippen LogP) is 4.61. The lowest BCUT2D eigenvalue weighted by Gasteiger charge is -2.38. The van der Waals surface area contributed by atoms with Crippen molar-refractivity contribution in [3.05, 3.63) is 52.0 Å². The van der Waals surface area contributed by atoms with E-state index in [0.717, 1.165) is 12.0 Å². The summed E-state index contributed by atoms with van der Waals surface area (Å²) in [6.07, 6.45) is 0.769. The van der Waals surface area contributed by atoms with E-state index in [0.29, 0.717) is 12.3 Å². The van der Waals surface area contributed by atoms with Gasteiger partial charge in [-0.1, -0.05) is 6.07 Å². The molecule has 0 unspecified atom stereocenters. The number of ether oxygens (including phenoxy) is 1. The summed E-state index contributed by atoms with van der Waals surface area (Å²) in [7, 11) is 0. The molecule has 1 aliphatic heterocycles. The first-order valence-corrected chi connectivity index (χ1v) is 11.8. The van der Waals surface area contributed by atoms with Gasteiger partial charge in [-0.25, -0.2) is 9.18 Å². The van der Waals surface area contributed by atoms with Crippen LogP contribution >= 0.6 is 11.3 Å². The molecule has 0 radical (unpaired) electrons. The van der Waals surface area contributed by atoms with Crippen LogP contribution in [0.1, 0.15) is 51.1 Å². The number of halogens is 1. The molecule has 0 aliphatic carbocycles. The average molecular weight is 462 g/mol. The Labute approximate surface area is 193 Å². The van der Waals surface area contributed by atoms with E-state index >= 15 is 0 Å². The molecule has 3 amide bonds. The number of rotatable bonds is 6. The van der Waals surface area contributed by atoms with Crippen LogP contribution in [0.3, 0.4) is 0 Å². The lowest BCUT2D eigenvalue weighted by atomic mass is 10.0. The van der Waals surface area contributed by atoms with Crippen molar-refractivity contribution >= 4 is 23.3 Å². The van der Waals surface area contributed by atoms with Gasteiger partial charge in [0.25, 0.3) is 0 Å². The molecule has 8 heteroatoms. The molecular weight excluding hydrogens is 429 g/mol. The number of carbonyl (C=O) groups is 2. The predicted molar refractivity (Wildman–Crippen MR) is 124 cm³/mol. The second kappa shape index (κ2) is 9.90. The summed E-state index contributed by atoms with van der Waals surface area (Å²) in [6.45, 7) is 10.3. The van der Waals surface area contributed by atoms with Crippen LogP contribution in [-0.4, -0.2) is 53.0 Å². The molecule has 0 spiro atoms. The summed E-state index contributed by atoms with van der Waals surface area (Å²) in [5.74, 6) is -0.0756. The first-order chi connectivity index (χ1) is 15.0. The van der Waals surface area contributed by atoms with Crippen LogP contribution in [0.2, 0.25) is 0 Å². The molecule has 0 saturated heterocycles. The quantitative estimate of drug-likeness (QED) is 0.683. The molecule has 0 saturated carbocycles. The number of nitrogens with one attached hydrogen (secondary N) is 1. The molecule has 174 valence electrons. The maximum atomic E-state index is 13.6. The summed E-state index contributed by atoms with van der Waals surface area (Å²) in [6, 6.07) is 7.32. The maximum Gasteiger partial charge on any atom is 0.318 e. The van der Waals surface area contributed by atoms with Crippen LogP contribution in [0.5, 0.6) is 5.75 Å². The van der Waals surface area contributed by atoms with Gasteiger partial charge in [-0.3, -0.25) is 4.79 Å². The molecule has 1 N–H and O–H groups in total. The van der Waals surface area contributed by atoms with Crippen molar-refractivity contribution in [3.63, 3.8) is 0 Å². The topological polar surface area (TPSA) is 61.9 Å². The van der Waals surface area contributed by atoms with E-state index in [1.54, 1.807) is 33.3 Å². The number of nitrogens with zero attached hydrogens (tertiary/aromatic N) is 2. The minimum Gasteiger partial charge on any atom is -0.491 e. The van der Waals surface area contributed by atoms with E-state index in [1.807, 2.05) is 46.1 Å². The van der Waals surface area contributed by atoms with Gasteiger partial charge >= 0.3 is 6.03 Å². The third-order valence-corrected chi connectivity index (χ3v) is 6.29. The van der Waals surface area contributed by atoms with E-state index < -0.39 is 5.54 Å².